The molecule has 5 nitrogen and oxygen atoms in total. The average molecular weight is 445 g/mol. The number of carbonyl (C=O) groups excluding carboxylic acids is 1. The molecule has 0 atom stereocenters. The van der Waals surface area contributed by atoms with Crippen molar-refractivity contribution >= 4 is 5.91 Å². The van der Waals surface area contributed by atoms with Crippen LogP contribution in [0.3, 0.4) is 0 Å². The number of amides is 1. The molecule has 3 aromatic rings. The second kappa shape index (κ2) is 11.5. The number of piperidine rings is 1. The second-order valence-electron chi connectivity index (χ2n) is 8.49. The molecule has 0 aliphatic carbocycles. The molecule has 1 aliphatic heterocycles. The molecular formula is C28H32N2O3. The lowest BCUT2D eigenvalue weighted by molar-refractivity contribution is -0.124. The molecule has 0 spiro atoms. The summed E-state index contributed by atoms with van der Waals surface area (Å²) >= 11 is 0. The highest BCUT2D eigenvalue weighted by atomic mass is 16.5. The van der Waals surface area contributed by atoms with Crippen LogP contribution in [0.15, 0.2) is 78.9 Å². The van der Waals surface area contributed by atoms with Gasteiger partial charge in [-0.1, -0.05) is 66.7 Å². The molecule has 1 fully saturated rings. The number of para-hydroxylation sites is 2. The zero-order valence-corrected chi connectivity index (χ0v) is 19.2. The lowest BCUT2D eigenvalue weighted by Crippen LogP contribution is -2.45. The van der Waals surface area contributed by atoms with Gasteiger partial charge >= 0.3 is 0 Å². The van der Waals surface area contributed by atoms with E-state index in [2.05, 4.69) is 34.5 Å². The van der Waals surface area contributed by atoms with Crippen molar-refractivity contribution in [3.05, 3.63) is 95.6 Å². The molecule has 0 saturated carbocycles. The standard InChI is InChI=1S/C28H32N2O3/c1-32-26-13-7-6-12-24(26)20-30-17-15-25(16-18-30)29-28(31)21-33-27-14-8-5-11-23(27)19-22-9-3-2-4-10-22/h2-14,25H,15-21H2,1H3,(H,29,31). The largest absolute Gasteiger partial charge is 0.496 e. The number of nitrogens with zero attached hydrogens (tertiary/aromatic N) is 1. The van der Waals surface area contributed by atoms with E-state index in [1.165, 1.54) is 11.1 Å². The minimum atomic E-state index is -0.0623. The molecule has 1 aliphatic rings. The normalized spacial score (nSPS) is 14.6. The highest BCUT2D eigenvalue weighted by Gasteiger charge is 2.21. The van der Waals surface area contributed by atoms with E-state index in [0.29, 0.717) is 0 Å². The maximum absolute atomic E-state index is 12.5. The quantitative estimate of drug-likeness (QED) is 0.530. The van der Waals surface area contributed by atoms with Crippen molar-refractivity contribution in [2.45, 2.75) is 31.8 Å². The van der Waals surface area contributed by atoms with E-state index in [-0.39, 0.29) is 18.6 Å². The zero-order valence-electron chi connectivity index (χ0n) is 19.2. The predicted octanol–water partition coefficient (Wildman–Crippen LogP) is 4.45. The van der Waals surface area contributed by atoms with Crippen molar-refractivity contribution in [2.75, 3.05) is 26.8 Å². The molecule has 0 unspecified atom stereocenters. The van der Waals surface area contributed by atoms with E-state index in [4.69, 9.17) is 9.47 Å². The Morgan fingerprint density at radius 3 is 2.24 bits per heavy atom. The van der Waals surface area contributed by atoms with Crippen LogP contribution in [0.25, 0.3) is 0 Å². The van der Waals surface area contributed by atoms with Crippen LogP contribution in [0, 0.1) is 0 Å². The minimum absolute atomic E-state index is 0.0350. The Morgan fingerprint density at radius 2 is 1.52 bits per heavy atom. The number of likely N-dealkylation sites (tertiary alicyclic amines) is 1. The number of ether oxygens (including phenoxy) is 2. The van der Waals surface area contributed by atoms with Gasteiger partial charge in [-0.25, -0.2) is 0 Å². The van der Waals surface area contributed by atoms with E-state index in [1.54, 1.807) is 7.11 Å². The molecule has 5 heteroatoms. The van der Waals surface area contributed by atoms with Gasteiger partial charge in [0.15, 0.2) is 6.61 Å². The monoisotopic (exact) mass is 444 g/mol. The van der Waals surface area contributed by atoms with Crippen molar-refractivity contribution in [2.24, 2.45) is 0 Å². The molecule has 0 bridgehead atoms. The summed E-state index contributed by atoms with van der Waals surface area (Å²) in [5, 5.41) is 3.15. The Kier molecular flexibility index (Phi) is 7.99. The Labute approximate surface area is 196 Å². The molecule has 33 heavy (non-hydrogen) atoms. The molecule has 172 valence electrons. The van der Waals surface area contributed by atoms with Crippen molar-refractivity contribution in [3.63, 3.8) is 0 Å². The van der Waals surface area contributed by atoms with E-state index < -0.39 is 0 Å². The van der Waals surface area contributed by atoms with Crippen LogP contribution in [0.4, 0.5) is 0 Å². The summed E-state index contributed by atoms with van der Waals surface area (Å²) in [4.78, 5) is 15.0. The van der Waals surface area contributed by atoms with Crippen molar-refractivity contribution in [1.82, 2.24) is 10.2 Å². The lowest BCUT2D eigenvalue weighted by Gasteiger charge is -2.32. The SMILES string of the molecule is COc1ccccc1CN1CCC(NC(=O)COc2ccccc2Cc2ccccc2)CC1. The Hall–Kier alpha value is -3.31. The van der Waals surface area contributed by atoms with E-state index >= 15 is 0 Å². The molecule has 1 N–H and O–H groups in total. The summed E-state index contributed by atoms with van der Waals surface area (Å²) in [6.45, 7) is 2.80. The Bertz CT molecular complexity index is 1030. The van der Waals surface area contributed by atoms with Crippen molar-refractivity contribution < 1.29 is 14.3 Å². The van der Waals surface area contributed by atoms with Crippen molar-refractivity contribution in [1.29, 1.82) is 0 Å². The van der Waals surface area contributed by atoms with Crippen molar-refractivity contribution in [3.8, 4) is 11.5 Å². The number of hydrogen-bond donors (Lipinski definition) is 1. The van der Waals surface area contributed by atoms with Gasteiger partial charge in [-0.15, -0.1) is 0 Å². The number of rotatable bonds is 9. The van der Waals surface area contributed by atoms with Crippen LogP contribution in [0.5, 0.6) is 11.5 Å². The third-order valence-electron chi connectivity index (χ3n) is 6.11. The van der Waals surface area contributed by atoms with Crippen LogP contribution in [-0.2, 0) is 17.8 Å². The van der Waals surface area contributed by atoms with Gasteiger partial charge in [0, 0.05) is 37.7 Å². The fraction of sp³-hybridized carbons (Fsp3) is 0.321. The summed E-state index contributed by atoms with van der Waals surface area (Å²) in [5.74, 6) is 1.63. The van der Waals surface area contributed by atoms with Crippen LogP contribution >= 0.6 is 0 Å². The number of carbonyl (C=O) groups is 1. The maximum atomic E-state index is 12.5. The first-order valence-corrected chi connectivity index (χ1v) is 11.6. The van der Waals surface area contributed by atoms with E-state index in [9.17, 15) is 4.79 Å². The highest BCUT2D eigenvalue weighted by molar-refractivity contribution is 5.77. The van der Waals surface area contributed by atoms with Gasteiger partial charge < -0.3 is 14.8 Å². The van der Waals surface area contributed by atoms with Gasteiger partial charge in [0.2, 0.25) is 0 Å². The van der Waals surface area contributed by atoms with Crippen LogP contribution in [0.2, 0.25) is 0 Å². The summed E-state index contributed by atoms with van der Waals surface area (Å²) in [5.41, 5.74) is 3.50. The molecule has 1 saturated heterocycles. The minimum Gasteiger partial charge on any atom is -0.496 e. The smallest absolute Gasteiger partial charge is 0.258 e. The first-order chi connectivity index (χ1) is 16.2. The van der Waals surface area contributed by atoms with Gasteiger partial charge in [0.1, 0.15) is 11.5 Å². The first kappa shape index (κ1) is 22.9. The van der Waals surface area contributed by atoms with Crippen LogP contribution in [0.1, 0.15) is 29.5 Å². The Balaban J connectivity index is 1.23. The summed E-state index contributed by atoms with van der Waals surface area (Å²) in [6.07, 6.45) is 2.65. The summed E-state index contributed by atoms with van der Waals surface area (Å²) in [6, 6.07) is 26.6. The molecule has 0 radical (unpaired) electrons. The fourth-order valence-corrected chi connectivity index (χ4v) is 4.33. The van der Waals surface area contributed by atoms with Gasteiger partial charge in [0.25, 0.3) is 5.91 Å². The molecular weight excluding hydrogens is 412 g/mol. The van der Waals surface area contributed by atoms with E-state index in [0.717, 1.165) is 56.0 Å². The van der Waals surface area contributed by atoms with Gasteiger partial charge in [-0.05, 0) is 36.1 Å². The zero-order chi connectivity index (χ0) is 22.9. The van der Waals surface area contributed by atoms with Gasteiger partial charge in [-0.2, -0.15) is 0 Å². The Morgan fingerprint density at radius 1 is 0.879 bits per heavy atom. The second-order valence-corrected chi connectivity index (χ2v) is 8.49. The molecule has 3 aromatic carbocycles. The topological polar surface area (TPSA) is 50.8 Å². The summed E-state index contributed by atoms with van der Waals surface area (Å²) in [7, 11) is 1.71. The molecule has 1 amide bonds. The third kappa shape index (κ3) is 6.59. The average Bonchev–Trinajstić information content (AvgIpc) is 2.86. The fourth-order valence-electron chi connectivity index (χ4n) is 4.33. The maximum Gasteiger partial charge on any atom is 0.258 e. The third-order valence-corrected chi connectivity index (χ3v) is 6.11. The highest BCUT2D eigenvalue weighted by Crippen LogP contribution is 2.23. The first-order valence-electron chi connectivity index (χ1n) is 11.6. The predicted molar refractivity (Wildman–Crippen MR) is 131 cm³/mol. The van der Waals surface area contributed by atoms with E-state index in [1.807, 2.05) is 54.6 Å². The number of nitrogens with one attached hydrogen (secondary N) is 1. The number of benzene rings is 3. The van der Waals surface area contributed by atoms with Crippen LogP contribution in [-0.4, -0.2) is 43.7 Å². The molecule has 1 heterocycles. The molecule has 4 rings (SSSR count). The van der Waals surface area contributed by atoms with Gasteiger partial charge in [0.05, 0.1) is 7.11 Å². The lowest BCUT2D eigenvalue weighted by atomic mass is 10.0. The summed E-state index contributed by atoms with van der Waals surface area (Å²) < 4.78 is 11.4. The number of methoxy groups -OCH3 is 1. The molecule has 0 aromatic heterocycles. The van der Waals surface area contributed by atoms with Crippen LogP contribution < -0.4 is 14.8 Å². The van der Waals surface area contributed by atoms with Gasteiger partial charge in [-0.3, -0.25) is 9.69 Å². The number of hydrogen-bond acceptors (Lipinski definition) is 4.